The van der Waals surface area contributed by atoms with Gasteiger partial charge in [0, 0.05) is 0 Å². The molecule has 17 heavy (non-hydrogen) atoms. The highest BCUT2D eigenvalue weighted by molar-refractivity contribution is 5.95. The molecule has 0 bridgehead atoms. The van der Waals surface area contributed by atoms with Crippen molar-refractivity contribution in [2.75, 3.05) is 0 Å². The van der Waals surface area contributed by atoms with Crippen molar-refractivity contribution in [1.82, 2.24) is 0 Å². The molecule has 2 unspecified atom stereocenters. The number of para-hydroxylation sites is 1. The smallest absolute Gasteiger partial charge is 0.252 e. The van der Waals surface area contributed by atoms with Crippen LogP contribution in [0.1, 0.15) is 29.6 Å². The highest BCUT2D eigenvalue weighted by Gasteiger charge is 2.29. The number of nitrogens with zero attached hydrogens (tertiary/aromatic N) is 1. The second kappa shape index (κ2) is 4.88. The predicted octanol–water partition coefficient (Wildman–Crippen LogP) is 1.86. The van der Waals surface area contributed by atoms with Gasteiger partial charge in [-0.05, 0) is 31.4 Å². The first kappa shape index (κ1) is 11.5. The van der Waals surface area contributed by atoms with Gasteiger partial charge in [-0.15, -0.1) is 0 Å². The molecular weight excluding hydrogens is 216 g/mol. The van der Waals surface area contributed by atoms with Crippen molar-refractivity contribution in [3.05, 3.63) is 29.8 Å². The molecule has 1 aliphatic rings. The zero-order chi connectivity index (χ0) is 12.3. The molecule has 2 N–H and O–H groups in total. The second-order valence-corrected chi connectivity index (χ2v) is 4.18. The van der Waals surface area contributed by atoms with Crippen molar-refractivity contribution >= 4 is 5.91 Å². The van der Waals surface area contributed by atoms with Gasteiger partial charge in [-0.25, -0.2) is 0 Å². The average molecular weight is 230 g/mol. The Bertz CT molecular complexity index is 465. The van der Waals surface area contributed by atoms with Gasteiger partial charge in [0.25, 0.3) is 5.91 Å². The summed E-state index contributed by atoms with van der Waals surface area (Å²) in [6, 6.07) is 9.12. The molecule has 1 aromatic rings. The fourth-order valence-corrected chi connectivity index (χ4v) is 2.15. The number of nitrogens with two attached hydrogens (primary N) is 1. The van der Waals surface area contributed by atoms with Gasteiger partial charge in [0.15, 0.2) is 0 Å². The van der Waals surface area contributed by atoms with Gasteiger partial charge in [-0.2, -0.15) is 5.26 Å². The molecule has 1 fully saturated rings. The summed E-state index contributed by atoms with van der Waals surface area (Å²) < 4.78 is 5.75. The number of primary amides is 1. The maximum atomic E-state index is 11.2. The first-order valence-corrected chi connectivity index (χ1v) is 5.67. The van der Waals surface area contributed by atoms with E-state index in [-0.39, 0.29) is 12.0 Å². The third kappa shape index (κ3) is 2.39. The zero-order valence-electron chi connectivity index (χ0n) is 9.43. The second-order valence-electron chi connectivity index (χ2n) is 4.18. The highest BCUT2D eigenvalue weighted by atomic mass is 16.5. The number of benzene rings is 1. The van der Waals surface area contributed by atoms with E-state index in [1.807, 2.05) is 0 Å². The molecular formula is C13H14N2O2. The van der Waals surface area contributed by atoms with Crippen molar-refractivity contribution in [3.8, 4) is 11.8 Å². The summed E-state index contributed by atoms with van der Waals surface area (Å²) >= 11 is 0. The van der Waals surface area contributed by atoms with Crippen molar-refractivity contribution in [2.24, 2.45) is 11.7 Å². The molecule has 1 amide bonds. The summed E-state index contributed by atoms with van der Waals surface area (Å²) in [4.78, 5) is 11.2. The molecule has 0 aliphatic heterocycles. The summed E-state index contributed by atoms with van der Waals surface area (Å²) in [5.41, 5.74) is 5.64. The molecule has 1 aliphatic carbocycles. The molecule has 88 valence electrons. The van der Waals surface area contributed by atoms with Crippen molar-refractivity contribution in [2.45, 2.75) is 25.4 Å². The number of carbonyl (C=O) groups is 1. The predicted molar refractivity (Wildman–Crippen MR) is 62.3 cm³/mol. The lowest BCUT2D eigenvalue weighted by Gasteiger charge is -2.17. The van der Waals surface area contributed by atoms with Gasteiger partial charge < -0.3 is 10.5 Å². The van der Waals surface area contributed by atoms with Crippen molar-refractivity contribution in [3.63, 3.8) is 0 Å². The molecule has 1 saturated carbocycles. The number of carbonyl (C=O) groups excluding carboxylic acids is 1. The summed E-state index contributed by atoms with van der Waals surface area (Å²) in [7, 11) is 0. The van der Waals surface area contributed by atoms with Gasteiger partial charge in [-0.3, -0.25) is 4.79 Å². The minimum Gasteiger partial charge on any atom is -0.488 e. The standard InChI is InChI=1S/C13H14N2O2/c14-8-9-4-3-7-11(9)17-12-6-2-1-5-10(12)13(15)16/h1-2,5-6,9,11H,3-4,7H2,(H2,15,16). The van der Waals surface area contributed by atoms with E-state index in [0.717, 1.165) is 19.3 Å². The molecule has 1 aromatic carbocycles. The molecule has 4 heteroatoms. The van der Waals surface area contributed by atoms with Crippen LogP contribution in [0.3, 0.4) is 0 Å². The Hall–Kier alpha value is -2.02. The van der Waals surface area contributed by atoms with Crippen LogP contribution < -0.4 is 10.5 Å². The average Bonchev–Trinajstić information content (AvgIpc) is 2.77. The van der Waals surface area contributed by atoms with Crippen molar-refractivity contribution < 1.29 is 9.53 Å². The molecule has 0 aromatic heterocycles. The first-order chi connectivity index (χ1) is 8.22. The SMILES string of the molecule is N#CC1CCCC1Oc1ccccc1C(N)=O. The molecule has 0 radical (unpaired) electrons. The lowest BCUT2D eigenvalue weighted by Crippen LogP contribution is -2.22. The van der Waals surface area contributed by atoms with E-state index in [1.54, 1.807) is 24.3 Å². The maximum Gasteiger partial charge on any atom is 0.252 e. The fourth-order valence-electron chi connectivity index (χ4n) is 2.15. The van der Waals surface area contributed by atoms with E-state index < -0.39 is 5.91 Å². The Morgan fingerprint density at radius 1 is 1.41 bits per heavy atom. The number of ether oxygens (including phenoxy) is 1. The Labute approximate surface area is 100.0 Å². The highest BCUT2D eigenvalue weighted by Crippen LogP contribution is 2.30. The van der Waals surface area contributed by atoms with Crippen LogP contribution in [0.2, 0.25) is 0 Å². The minimum absolute atomic E-state index is 0.0871. The number of rotatable bonds is 3. The number of hydrogen-bond acceptors (Lipinski definition) is 3. The molecule has 4 nitrogen and oxygen atoms in total. The van der Waals surface area contributed by atoms with Crippen LogP contribution in [0.15, 0.2) is 24.3 Å². The van der Waals surface area contributed by atoms with Crippen LogP contribution in [0, 0.1) is 17.2 Å². The van der Waals surface area contributed by atoms with E-state index in [9.17, 15) is 4.79 Å². The summed E-state index contributed by atoms with van der Waals surface area (Å²) in [5, 5.41) is 8.97. The van der Waals surface area contributed by atoms with Gasteiger partial charge >= 0.3 is 0 Å². The molecule has 2 rings (SSSR count). The number of hydrogen-bond donors (Lipinski definition) is 1. The van der Waals surface area contributed by atoms with Gasteiger partial charge in [0.05, 0.1) is 17.6 Å². The maximum absolute atomic E-state index is 11.2. The van der Waals surface area contributed by atoms with Crippen LogP contribution in [0.4, 0.5) is 0 Å². The molecule has 0 heterocycles. The quantitative estimate of drug-likeness (QED) is 0.860. The topological polar surface area (TPSA) is 76.1 Å². The zero-order valence-corrected chi connectivity index (χ0v) is 9.43. The lowest BCUT2D eigenvalue weighted by atomic mass is 10.1. The van der Waals surface area contributed by atoms with E-state index in [0.29, 0.717) is 11.3 Å². The monoisotopic (exact) mass is 230 g/mol. The normalized spacial score (nSPS) is 23.0. The Balaban J connectivity index is 2.19. The van der Waals surface area contributed by atoms with E-state index >= 15 is 0 Å². The van der Waals surface area contributed by atoms with Crippen LogP contribution in [0.5, 0.6) is 5.75 Å². The summed E-state index contributed by atoms with van der Waals surface area (Å²) in [5.74, 6) is -0.116. The Morgan fingerprint density at radius 2 is 2.18 bits per heavy atom. The summed E-state index contributed by atoms with van der Waals surface area (Å²) in [6.07, 6.45) is 2.58. The van der Waals surface area contributed by atoms with E-state index in [4.69, 9.17) is 15.7 Å². The molecule has 0 saturated heterocycles. The number of amides is 1. The van der Waals surface area contributed by atoms with Gasteiger partial charge in [0.2, 0.25) is 0 Å². The Kier molecular flexibility index (Phi) is 3.29. The van der Waals surface area contributed by atoms with Crippen LogP contribution in [0.25, 0.3) is 0 Å². The minimum atomic E-state index is -0.507. The first-order valence-electron chi connectivity index (χ1n) is 5.67. The van der Waals surface area contributed by atoms with E-state index in [2.05, 4.69) is 6.07 Å². The lowest BCUT2D eigenvalue weighted by molar-refractivity contribution is 0.0991. The third-order valence-corrected chi connectivity index (χ3v) is 3.05. The largest absolute Gasteiger partial charge is 0.488 e. The van der Waals surface area contributed by atoms with Crippen molar-refractivity contribution in [1.29, 1.82) is 5.26 Å². The fraction of sp³-hybridized carbons (Fsp3) is 0.385. The molecule has 0 spiro atoms. The molecule has 2 atom stereocenters. The number of nitriles is 1. The third-order valence-electron chi connectivity index (χ3n) is 3.05. The summed E-state index contributed by atoms with van der Waals surface area (Å²) in [6.45, 7) is 0. The Morgan fingerprint density at radius 3 is 2.88 bits per heavy atom. The van der Waals surface area contributed by atoms with Crippen LogP contribution >= 0.6 is 0 Å². The van der Waals surface area contributed by atoms with Gasteiger partial charge in [0.1, 0.15) is 11.9 Å². The van der Waals surface area contributed by atoms with Gasteiger partial charge in [-0.1, -0.05) is 12.1 Å². The van der Waals surface area contributed by atoms with E-state index in [1.165, 1.54) is 0 Å². The van der Waals surface area contributed by atoms with Crippen LogP contribution in [-0.2, 0) is 0 Å². The van der Waals surface area contributed by atoms with Crippen LogP contribution in [-0.4, -0.2) is 12.0 Å².